The summed E-state index contributed by atoms with van der Waals surface area (Å²) in [5.74, 6) is 1.35. The molecule has 1 amide bonds. The van der Waals surface area contributed by atoms with Crippen LogP contribution in [0.4, 0.5) is 4.79 Å². The highest BCUT2D eigenvalue weighted by Crippen LogP contribution is 2.46. The lowest BCUT2D eigenvalue weighted by Crippen LogP contribution is -2.39. The van der Waals surface area contributed by atoms with Gasteiger partial charge in [0, 0.05) is 31.2 Å². The zero-order chi connectivity index (χ0) is 15.9. The summed E-state index contributed by atoms with van der Waals surface area (Å²) in [6, 6.07) is 7.82. The highest BCUT2D eigenvalue weighted by Gasteiger charge is 2.56. The van der Waals surface area contributed by atoms with Crippen LogP contribution in [-0.4, -0.2) is 40.8 Å². The highest BCUT2D eigenvalue weighted by atomic mass is 16.6. The molecule has 0 radical (unpaired) electrons. The zero-order valence-electron chi connectivity index (χ0n) is 13.4. The van der Waals surface area contributed by atoms with E-state index in [-0.39, 0.29) is 6.09 Å². The van der Waals surface area contributed by atoms with Gasteiger partial charge in [0.1, 0.15) is 11.4 Å². The van der Waals surface area contributed by atoms with E-state index in [0.717, 1.165) is 18.7 Å². The predicted octanol–water partition coefficient (Wildman–Crippen LogP) is 2.35. The molecular formula is C17H24N2O3. The number of fused-ring (bicyclic) bond motifs is 1. The van der Waals surface area contributed by atoms with Gasteiger partial charge in [-0.25, -0.2) is 4.79 Å². The average Bonchev–Trinajstić information content (AvgIpc) is 2.88. The number of ether oxygens (including phenoxy) is 1. The van der Waals surface area contributed by atoms with Crippen LogP contribution in [0, 0.1) is 11.8 Å². The molecule has 0 aromatic heterocycles. The third kappa shape index (κ3) is 3.19. The molecule has 0 bridgehead atoms. The van der Waals surface area contributed by atoms with Crippen LogP contribution in [0.5, 0.6) is 5.75 Å². The molecular weight excluding hydrogens is 280 g/mol. The highest BCUT2D eigenvalue weighted by molar-refractivity contribution is 5.69. The van der Waals surface area contributed by atoms with Crippen LogP contribution in [0.3, 0.4) is 0 Å². The molecule has 5 nitrogen and oxygen atoms in total. The Labute approximate surface area is 131 Å². The SMILES string of the molecule is CC(C)(C)OC(=O)N1CC2C(C1)C2NCc1ccccc1O. The third-order valence-electron chi connectivity index (χ3n) is 4.37. The van der Waals surface area contributed by atoms with Gasteiger partial charge in [-0.1, -0.05) is 18.2 Å². The maximum atomic E-state index is 12.0. The van der Waals surface area contributed by atoms with E-state index in [1.165, 1.54) is 0 Å². The van der Waals surface area contributed by atoms with Crippen LogP contribution in [0.15, 0.2) is 24.3 Å². The Morgan fingerprint density at radius 3 is 2.55 bits per heavy atom. The summed E-state index contributed by atoms with van der Waals surface area (Å²) in [6.07, 6.45) is -0.209. The van der Waals surface area contributed by atoms with E-state index in [2.05, 4.69) is 5.32 Å². The van der Waals surface area contributed by atoms with Crippen molar-refractivity contribution in [2.24, 2.45) is 11.8 Å². The minimum Gasteiger partial charge on any atom is -0.508 e. The quantitative estimate of drug-likeness (QED) is 0.900. The van der Waals surface area contributed by atoms with Gasteiger partial charge in [0.05, 0.1) is 0 Å². The molecule has 1 aromatic carbocycles. The van der Waals surface area contributed by atoms with E-state index in [1.807, 2.05) is 39.0 Å². The van der Waals surface area contributed by atoms with Crippen LogP contribution >= 0.6 is 0 Å². The molecule has 1 aliphatic heterocycles. The normalized spacial score (nSPS) is 26.7. The maximum absolute atomic E-state index is 12.0. The fourth-order valence-corrected chi connectivity index (χ4v) is 3.19. The number of phenolic OH excluding ortho intramolecular Hbond substituents is 1. The third-order valence-corrected chi connectivity index (χ3v) is 4.37. The van der Waals surface area contributed by atoms with Crippen molar-refractivity contribution in [1.82, 2.24) is 10.2 Å². The number of likely N-dealkylation sites (tertiary alicyclic amines) is 1. The van der Waals surface area contributed by atoms with E-state index in [0.29, 0.717) is 30.2 Å². The van der Waals surface area contributed by atoms with Crippen molar-refractivity contribution in [2.75, 3.05) is 13.1 Å². The molecule has 2 N–H and O–H groups in total. The van der Waals surface area contributed by atoms with Crippen molar-refractivity contribution in [3.8, 4) is 5.75 Å². The largest absolute Gasteiger partial charge is 0.508 e. The van der Waals surface area contributed by atoms with Crippen LogP contribution in [0.25, 0.3) is 0 Å². The first-order valence-corrected chi connectivity index (χ1v) is 7.83. The van der Waals surface area contributed by atoms with Gasteiger partial charge in [-0.05, 0) is 38.7 Å². The molecule has 1 saturated heterocycles. The van der Waals surface area contributed by atoms with Crippen LogP contribution in [0.1, 0.15) is 26.3 Å². The number of benzene rings is 1. The molecule has 1 saturated carbocycles. The summed E-state index contributed by atoms with van der Waals surface area (Å²) in [5.41, 5.74) is 0.475. The number of carbonyl (C=O) groups is 1. The lowest BCUT2D eigenvalue weighted by atomic mass is 10.2. The van der Waals surface area contributed by atoms with Gasteiger partial charge in [0.25, 0.3) is 0 Å². The number of hydrogen-bond acceptors (Lipinski definition) is 4. The summed E-state index contributed by atoms with van der Waals surface area (Å²) >= 11 is 0. The summed E-state index contributed by atoms with van der Waals surface area (Å²) < 4.78 is 5.40. The van der Waals surface area contributed by atoms with Crippen molar-refractivity contribution in [3.05, 3.63) is 29.8 Å². The number of carbonyl (C=O) groups excluding carboxylic acids is 1. The fourth-order valence-electron chi connectivity index (χ4n) is 3.19. The molecule has 1 aromatic rings. The Morgan fingerprint density at radius 1 is 1.32 bits per heavy atom. The summed E-state index contributed by atoms with van der Waals surface area (Å²) in [6.45, 7) is 7.85. The van der Waals surface area contributed by atoms with Crippen molar-refractivity contribution >= 4 is 6.09 Å². The minimum absolute atomic E-state index is 0.209. The van der Waals surface area contributed by atoms with Crippen molar-refractivity contribution in [3.63, 3.8) is 0 Å². The Hall–Kier alpha value is -1.75. The van der Waals surface area contributed by atoms with Gasteiger partial charge >= 0.3 is 6.09 Å². The number of nitrogens with one attached hydrogen (secondary N) is 1. The molecule has 120 valence electrons. The zero-order valence-corrected chi connectivity index (χ0v) is 13.4. The van der Waals surface area contributed by atoms with Gasteiger partial charge in [0.2, 0.25) is 0 Å². The number of piperidine rings is 1. The summed E-state index contributed by atoms with van der Waals surface area (Å²) in [7, 11) is 0. The first-order chi connectivity index (χ1) is 10.3. The van der Waals surface area contributed by atoms with E-state index >= 15 is 0 Å². The Bertz CT molecular complexity index is 555. The average molecular weight is 304 g/mol. The van der Waals surface area contributed by atoms with E-state index < -0.39 is 5.60 Å². The minimum atomic E-state index is -0.438. The standard InChI is InChI=1S/C17H24N2O3/c1-17(2,3)22-16(21)19-9-12-13(10-19)15(12)18-8-11-6-4-5-7-14(11)20/h4-7,12-13,15,18,20H,8-10H2,1-3H3. The number of amides is 1. The molecule has 2 fully saturated rings. The molecule has 2 atom stereocenters. The van der Waals surface area contributed by atoms with Gasteiger partial charge in [-0.15, -0.1) is 0 Å². The molecule has 2 unspecified atom stereocenters. The first-order valence-electron chi connectivity index (χ1n) is 7.83. The second-order valence-corrected chi connectivity index (χ2v) is 7.25. The first kappa shape index (κ1) is 15.2. The number of nitrogens with zero attached hydrogens (tertiary/aromatic N) is 1. The lowest BCUT2D eigenvalue weighted by molar-refractivity contribution is 0.0269. The molecule has 2 aliphatic rings. The number of para-hydroxylation sites is 1. The summed E-state index contributed by atoms with van der Waals surface area (Å²) in [4.78, 5) is 13.8. The number of phenols is 1. The van der Waals surface area contributed by atoms with Gasteiger partial charge in [0.15, 0.2) is 0 Å². The van der Waals surface area contributed by atoms with Crippen LogP contribution in [0.2, 0.25) is 0 Å². The Kier molecular flexibility index (Phi) is 3.77. The molecule has 1 heterocycles. The second kappa shape index (κ2) is 5.47. The van der Waals surface area contributed by atoms with Gasteiger partial charge < -0.3 is 20.1 Å². The lowest BCUT2D eigenvalue weighted by Gasteiger charge is -2.26. The van der Waals surface area contributed by atoms with Crippen molar-refractivity contribution in [2.45, 2.75) is 39.0 Å². The smallest absolute Gasteiger partial charge is 0.410 e. The topological polar surface area (TPSA) is 61.8 Å². The Morgan fingerprint density at radius 2 is 1.95 bits per heavy atom. The monoisotopic (exact) mass is 304 g/mol. The van der Waals surface area contributed by atoms with E-state index in [9.17, 15) is 9.90 Å². The van der Waals surface area contributed by atoms with E-state index in [4.69, 9.17) is 4.74 Å². The van der Waals surface area contributed by atoms with Crippen molar-refractivity contribution in [1.29, 1.82) is 0 Å². The van der Waals surface area contributed by atoms with Crippen LogP contribution in [-0.2, 0) is 11.3 Å². The predicted molar refractivity (Wildman–Crippen MR) is 83.5 cm³/mol. The molecule has 3 rings (SSSR count). The maximum Gasteiger partial charge on any atom is 0.410 e. The van der Waals surface area contributed by atoms with Crippen molar-refractivity contribution < 1.29 is 14.6 Å². The summed E-state index contributed by atoms with van der Waals surface area (Å²) in [5, 5.41) is 13.2. The molecule has 0 spiro atoms. The number of rotatable bonds is 3. The Balaban J connectivity index is 1.45. The molecule has 22 heavy (non-hydrogen) atoms. The fraction of sp³-hybridized carbons (Fsp3) is 0.588. The number of hydrogen-bond donors (Lipinski definition) is 2. The van der Waals surface area contributed by atoms with Crippen LogP contribution < -0.4 is 5.32 Å². The molecule has 5 heteroatoms. The van der Waals surface area contributed by atoms with Gasteiger partial charge in [-0.3, -0.25) is 0 Å². The van der Waals surface area contributed by atoms with E-state index in [1.54, 1.807) is 11.0 Å². The number of aromatic hydroxyl groups is 1. The second-order valence-electron chi connectivity index (χ2n) is 7.25. The van der Waals surface area contributed by atoms with Gasteiger partial charge in [-0.2, -0.15) is 0 Å². The molecule has 1 aliphatic carbocycles.